The summed E-state index contributed by atoms with van der Waals surface area (Å²) in [6.45, 7) is 3.19. The van der Waals surface area contributed by atoms with Crippen LogP contribution in [0.1, 0.15) is 22.3 Å². The number of anilines is 2. The number of hydrogen-bond donors (Lipinski definition) is 2. The van der Waals surface area contributed by atoms with E-state index in [1.807, 2.05) is 48.5 Å². The number of nitrogens with one attached hydrogen (secondary N) is 2. The number of amides is 1. The van der Waals surface area contributed by atoms with Crippen LogP contribution in [0, 0.1) is 6.92 Å². The van der Waals surface area contributed by atoms with Crippen LogP contribution in [0.25, 0.3) is 31.6 Å². The van der Waals surface area contributed by atoms with Gasteiger partial charge >= 0.3 is 5.97 Å². The normalized spacial score (nSPS) is 12.2. The number of thiazole rings is 1. The Bertz CT molecular complexity index is 2070. The maximum atomic E-state index is 13.4. The third-order valence-corrected chi connectivity index (χ3v) is 9.79. The van der Waals surface area contributed by atoms with Gasteiger partial charge in [0.15, 0.2) is 6.10 Å². The zero-order valence-corrected chi connectivity index (χ0v) is 25.2. The van der Waals surface area contributed by atoms with E-state index >= 15 is 0 Å². The number of hydrogen-bond acceptors (Lipinski definition) is 10. The van der Waals surface area contributed by atoms with E-state index in [0.29, 0.717) is 21.6 Å². The Kier molecular flexibility index (Phi) is 7.61. The number of benzene rings is 4. The number of rotatable bonds is 8. The zero-order valence-electron chi connectivity index (χ0n) is 22.8. The van der Waals surface area contributed by atoms with Crippen molar-refractivity contribution in [3.63, 3.8) is 0 Å². The van der Waals surface area contributed by atoms with Crippen molar-refractivity contribution in [3.05, 3.63) is 95.5 Å². The molecule has 0 aliphatic heterocycles. The molecule has 2 N–H and O–H groups in total. The number of esters is 1. The third-order valence-electron chi connectivity index (χ3n) is 6.48. The number of nitrogens with zero attached hydrogens (tertiary/aromatic N) is 3. The molecule has 13 heteroatoms. The fourth-order valence-electron chi connectivity index (χ4n) is 4.43. The van der Waals surface area contributed by atoms with Gasteiger partial charge in [0.05, 0.1) is 20.7 Å². The van der Waals surface area contributed by atoms with Gasteiger partial charge in [0.2, 0.25) is 5.13 Å². The largest absolute Gasteiger partial charge is 0.449 e. The van der Waals surface area contributed by atoms with E-state index in [2.05, 4.69) is 20.2 Å². The van der Waals surface area contributed by atoms with E-state index in [9.17, 15) is 18.0 Å². The van der Waals surface area contributed by atoms with Crippen LogP contribution in [0.5, 0.6) is 0 Å². The number of fused-ring (bicyclic) bond motifs is 2. The Balaban J connectivity index is 1.18. The number of sulfonamides is 1. The smallest absolute Gasteiger partial charge is 0.339 e. The molecule has 0 bridgehead atoms. The lowest BCUT2D eigenvalue weighted by Gasteiger charge is -2.15. The van der Waals surface area contributed by atoms with Crippen molar-refractivity contribution < 1.29 is 22.7 Å². The molecule has 0 aliphatic carbocycles. The van der Waals surface area contributed by atoms with E-state index in [0.717, 1.165) is 37.5 Å². The van der Waals surface area contributed by atoms with Gasteiger partial charge in [-0.15, -0.1) is 21.5 Å². The predicted molar refractivity (Wildman–Crippen MR) is 168 cm³/mol. The number of para-hydroxylation sites is 1. The summed E-state index contributed by atoms with van der Waals surface area (Å²) in [4.78, 5) is 31.1. The minimum atomic E-state index is -3.89. The molecule has 0 spiro atoms. The van der Waals surface area contributed by atoms with Crippen LogP contribution in [0.4, 0.5) is 10.8 Å². The minimum absolute atomic E-state index is 0.0160. The van der Waals surface area contributed by atoms with Gasteiger partial charge in [0.25, 0.3) is 15.9 Å². The number of aromatic nitrogens is 3. The summed E-state index contributed by atoms with van der Waals surface area (Å²) in [5, 5.41) is 13.3. The first-order valence-electron chi connectivity index (χ1n) is 13.0. The minimum Gasteiger partial charge on any atom is -0.449 e. The van der Waals surface area contributed by atoms with Crippen molar-refractivity contribution in [1.82, 2.24) is 15.2 Å². The molecule has 4 aromatic carbocycles. The molecule has 216 valence electrons. The third kappa shape index (κ3) is 5.95. The van der Waals surface area contributed by atoms with E-state index in [4.69, 9.17) is 9.72 Å². The molecule has 1 amide bonds. The van der Waals surface area contributed by atoms with Crippen LogP contribution in [0.2, 0.25) is 0 Å². The van der Waals surface area contributed by atoms with Crippen LogP contribution in [0.15, 0.2) is 89.8 Å². The number of carbonyl (C=O) groups is 2. The topological polar surface area (TPSA) is 140 Å². The molecular weight excluding hydrogens is 607 g/mol. The van der Waals surface area contributed by atoms with Crippen LogP contribution < -0.4 is 10.0 Å². The summed E-state index contributed by atoms with van der Waals surface area (Å²) < 4.78 is 34.3. The molecule has 0 fully saturated rings. The molecule has 0 aliphatic rings. The van der Waals surface area contributed by atoms with E-state index in [1.165, 1.54) is 42.5 Å². The second kappa shape index (κ2) is 11.5. The first-order valence-corrected chi connectivity index (χ1v) is 16.1. The molecule has 0 radical (unpaired) electrons. The Morgan fingerprint density at radius 2 is 1.63 bits per heavy atom. The number of carbonyl (C=O) groups excluding carboxylic acids is 2. The van der Waals surface area contributed by atoms with Gasteiger partial charge in [-0.2, -0.15) is 0 Å². The molecule has 6 rings (SSSR count). The Labute approximate surface area is 254 Å². The Morgan fingerprint density at radius 3 is 2.35 bits per heavy atom. The molecule has 43 heavy (non-hydrogen) atoms. The first kappa shape index (κ1) is 28.4. The second-order valence-corrected chi connectivity index (χ2v) is 13.4. The highest BCUT2D eigenvalue weighted by atomic mass is 32.2. The van der Waals surface area contributed by atoms with Gasteiger partial charge in [-0.05, 0) is 61.7 Å². The average molecular weight is 630 g/mol. The van der Waals surface area contributed by atoms with Crippen molar-refractivity contribution in [2.75, 3.05) is 10.0 Å². The molecule has 2 aromatic heterocycles. The maximum Gasteiger partial charge on any atom is 0.339 e. The predicted octanol–water partition coefficient (Wildman–Crippen LogP) is 6.26. The summed E-state index contributed by atoms with van der Waals surface area (Å²) in [6, 6.07) is 24.5. The molecule has 0 saturated heterocycles. The van der Waals surface area contributed by atoms with Gasteiger partial charge in [-0.3, -0.25) is 9.52 Å². The fraction of sp³-hybridized carbons (Fsp3) is 0.100. The molecule has 2 heterocycles. The number of ether oxygens (including phenoxy) is 1. The molecule has 10 nitrogen and oxygen atoms in total. The summed E-state index contributed by atoms with van der Waals surface area (Å²) in [6.07, 6.45) is -1.14. The summed E-state index contributed by atoms with van der Waals surface area (Å²) >= 11 is 2.65. The van der Waals surface area contributed by atoms with Crippen LogP contribution in [0.3, 0.4) is 0 Å². The molecule has 1 atom stereocenters. The fourth-order valence-corrected chi connectivity index (χ4v) is 7.25. The Hall–Kier alpha value is -4.72. The standard InChI is InChI=1S/C30H23N5O5S3/c1-17(27(36)31-20-13-15-21(16-14-20)43(38,39)35-30-34-33-18(2)41-30)40-29(37)23-10-6-8-19-7-5-9-22(26(19)23)28-32-24-11-3-4-12-25(24)42-28/h3-17H,1-2H3,(H,31,36)(H,34,35). The summed E-state index contributed by atoms with van der Waals surface area (Å²) in [7, 11) is -3.89. The van der Waals surface area contributed by atoms with Crippen molar-refractivity contribution >= 4 is 76.4 Å². The van der Waals surface area contributed by atoms with Gasteiger partial charge in [0.1, 0.15) is 10.0 Å². The Morgan fingerprint density at radius 1 is 0.884 bits per heavy atom. The highest BCUT2D eigenvalue weighted by Gasteiger charge is 2.23. The van der Waals surface area contributed by atoms with Crippen molar-refractivity contribution in [1.29, 1.82) is 0 Å². The number of aryl methyl sites for hydroxylation is 1. The SMILES string of the molecule is Cc1nnc(NS(=O)(=O)c2ccc(NC(=O)C(C)OC(=O)c3cccc4cccc(-c5nc6ccccc6s5)c34)cc2)s1. The van der Waals surface area contributed by atoms with Gasteiger partial charge in [-0.25, -0.2) is 18.2 Å². The van der Waals surface area contributed by atoms with Crippen molar-refractivity contribution in [2.45, 2.75) is 24.8 Å². The zero-order chi connectivity index (χ0) is 30.1. The van der Waals surface area contributed by atoms with Gasteiger partial charge in [0, 0.05) is 16.6 Å². The van der Waals surface area contributed by atoms with Crippen LogP contribution in [-0.4, -0.2) is 41.6 Å². The van der Waals surface area contributed by atoms with Crippen LogP contribution >= 0.6 is 22.7 Å². The van der Waals surface area contributed by atoms with E-state index in [-0.39, 0.29) is 10.0 Å². The molecule has 0 saturated carbocycles. The summed E-state index contributed by atoms with van der Waals surface area (Å²) in [5.74, 6) is -1.22. The highest BCUT2D eigenvalue weighted by Crippen LogP contribution is 2.36. The molecule has 6 aromatic rings. The van der Waals surface area contributed by atoms with E-state index in [1.54, 1.807) is 19.1 Å². The first-order chi connectivity index (χ1) is 20.7. The molecule has 1 unspecified atom stereocenters. The lowest BCUT2D eigenvalue weighted by atomic mass is 9.99. The van der Waals surface area contributed by atoms with Gasteiger partial charge in [-0.1, -0.05) is 53.8 Å². The van der Waals surface area contributed by atoms with Crippen molar-refractivity contribution in [2.24, 2.45) is 0 Å². The maximum absolute atomic E-state index is 13.4. The quantitative estimate of drug-likeness (QED) is 0.188. The van der Waals surface area contributed by atoms with Crippen molar-refractivity contribution in [3.8, 4) is 10.6 Å². The second-order valence-electron chi connectivity index (χ2n) is 9.49. The average Bonchev–Trinajstić information content (AvgIpc) is 3.62. The van der Waals surface area contributed by atoms with Gasteiger partial charge < -0.3 is 10.1 Å². The lowest BCUT2D eigenvalue weighted by Crippen LogP contribution is -2.30. The summed E-state index contributed by atoms with van der Waals surface area (Å²) in [5.41, 5.74) is 2.33. The monoisotopic (exact) mass is 629 g/mol. The highest BCUT2D eigenvalue weighted by molar-refractivity contribution is 7.93. The molecular formula is C30H23N5O5S3. The lowest BCUT2D eigenvalue weighted by molar-refractivity contribution is -0.123. The van der Waals surface area contributed by atoms with E-state index < -0.39 is 28.0 Å². The van der Waals surface area contributed by atoms with Crippen LogP contribution in [-0.2, 0) is 19.6 Å².